The SMILES string of the molecule is CCCNCc1sc(-c2ccc(OC)cc2)nc1C(C)C. The molecule has 2 aromatic rings. The average molecular weight is 304 g/mol. The van der Waals surface area contributed by atoms with E-state index in [0.717, 1.165) is 35.8 Å². The number of hydrogen-bond donors (Lipinski definition) is 1. The van der Waals surface area contributed by atoms with Crippen LogP contribution in [0.2, 0.25) is 0 Å². The minimum atomic E-state index is 0.451. The molecule has 0 aliphatic heterocycles. The predicted molar refractivity (Wildman–Crippen MR) is 90.2 cm³/mol. The zero-order valence-electron chi connectivity index (χ0n) is 13.3. The summed E-state index contributed by atoms with van der Waals surface area (Å²) < 4.78 is 5.21. The summed E-state index contributed by atoms with van der Waals surface area (Å²) >= 11 is 1.79. The van der Waals surface area contributed by atoms with Gasteiger partial charge in [-0.25, -0.2) is 4.98 Å². The van der Waals surface area contributed by atoms with Crippen LogP contribution in [0.3, 0.4) is 0 Å². The van der Waals surface area contributed by atoms with Crippen molar-refractivity contribution in [1.82, 2.24) is 10.3 Å². The van der Waals surface area contributed by atoms with Crippen molar-refractivity contribution in [2.45, 2.75) is 39.7 Å². The molecule has 0 bridgehead atoms. The van der Waals surface area contributed by atoms with E-state index in [-0.39, 0.29) is 0 Å². The number of ether oxygens (including phenoxy) is 1. The van der Waals surface area contributed by atoms with Crippen LogP contribution in [0.15, 0.2) is 24.3 Å². The number of rotatable bonds is 7. The molecule has 114 valence electrons. The molecular weight excluding hydrogens is 280 g/mol. The second-order valence-electron chi connectivity index (χ2n) is 5.39. The Morgan fingerprint density at radius 1 is 1.24 bits per heavy atom. The third-order valence-corrected chi connectivity index (χ3v) is 4.44. The minimum absolute atomic E-state index is 0.451. The monoisotopic (exact) mass is 304 g/mol. The summed E-state index contributed by atoms with van der Waals surface area (Å²) in [4.78, 5) is 6.20. The maximum absolute atomic E-state index is 5.21. The molecule has 0 fully saturated rings. The number of nitrogens with zero attached hydrogens (tertiary/aromatic N) is 1. The van der Waals surface area contributed by atoms with E-state index in [9.17, 15) is 0 Å². The minimum Gasteiger partial charge on any atom is -0.497 e. The summed E-state index contributed by atoms with van der Waals surface area (Å²) in [5.74, 6) is 1.33. The van der Waals surface area contributed by atoms with Gasteiger partial charge in [-0.15, -0.1) is 11.3 Å². The van der Waals surface area contributed by atoms with E-state index < -0.39 is 0 Å². The third-order valence-electron chi connectivity index (χ3n) is 3.32. The Balaban J connectivity index is 2.24. The van der Waals surface area contributed by atoms with Crippen LogP contribution in [0.25, 0.3) is 10.6 Å². The van der Waals surface area contributed by atoms with Gasteiger partial charge in [-0.3, -0.25) is 0 Å². The number of thiazole rings is 1. The van der Waals surface area contributed by atoms with Gasteiger partial charge in [-0.1, -0.05) is 20.8 Å². The highest BCUT2D eigenvalue weighted by Crippen LogP contribution is 2.32. The molecule has 0 aliphatic carbocycles. The lowest BCUT2D eigenvalue weighted by atomic mass is 10.1. The number of nitrogens with one attached hydrogen (secondary N) is 1. The molecule has 2 rings (SSSR count). The van der Waals surface area contributed by atoms with Crippen LogP contribution in [0.1, 0.15) is 43.7 Å². The molecule has 0 aliphatic rings. The van der Waals surface area contributed by atoms with Gasteiger partial charge in [0.2, 0.25) is 0 Å². The summed E-state index contributed by atoms with van der Waals surface area (Å²) in [5, 5.41) is 4.57. The van der Waals surface area contributed by atoms with Crippen LogP contribution < -0.4 is 10.1 Å². The maximum atomic E-state index is 5.21. The summed E-state index contributed by atoms with van der Waals surface area (Å²) in [6.45, 7) is 8.56. The van der Waals surface area contributed by atoms with Crippen molar-refractivity contribution in [1.29, 1.82) is 0 Å². The molecule has 0 atom stereocenters. The number of hydrogen-bond acceptors (Lipinski definition) is 4. The van der Waals surface area contributed by atoms with Crippen molar-refractivity contribution in [2.75, 3.05) is 13.7 Å². The molecule has 1 aromatic heterocycles. The molecule has 1 heterocycles. The number of aromatic nitrogens is 1. The van der Waals surface area contributed by atoms with Gasteiger partial charge >= 0.3 is 0 Å². The van der Waals surface area contributed by atoms with Gasteiger partial charge in [-0.05, 0) is 43.1 Å². The lowest BCUT2D eigenvalue weighted by molar-refractivity contribution is 0.415. The quantitative estimate of drug-likeness (QED) is 0.768. The van der Waals surface area contributed by atoms with E-state index in [1.807, 2.05) is 12.1 Å². The fourth-order valence-corrected chi connectivity index (χ4v) is 3.37. The summed E-state index contributed by atoms with van der Waals surface area (Å²) in [5.41, 5.74) is 2.37. The highest BCUT2D eigenvalue weighted by atomic mass is 32.1. The van der Waals surface area contributed by atoms with Crippen molar-refractivity contribution in [3.8, 4) is 16.3 Å². The average Bonchev–Trinajstić information content (AvgIpc) is 2.92. The molecule has 3 nitrogen and oxygen atoms in total. The van der Waals surface area contributed by atoms with E-state index >= 15 is 0 Å². The Hall–Kier alpha value is -1.39. The Bertz CT molecular complexity index is 561. The van der Waals surface area contributed by atoms with E-state index in [1.54, 1.807) is 18.4 Å². The third kappa shape index (κ3) is 4.05. The van der Waals surface area contributed by atoms with Gasteiger partial charge in [0.1, 0.15) is 10.8 Å². The van der Waals surface area contributed by atoms with E-state index in [1.165, 1.54) is 10.6 Å². The zero-order chi connectivity index (χ0) is 15.2. The lowest BCUT2D eigenvalue weighted by Crippen LogP contribution is -2.14. The molecule has 4 heteroatoms. The normalized spacial score (nSPS) is 11.1. The van der Waals surface area contributed by atoms with Gasteiger partial charge in [0, 0.05) is 17.0 Å². The second-order valence-corrected chi connectivity index (χ2v) is 6.47. The summed E-state index contributed by atoms with van der Waals surface area (Å²) in [6, 6.07) is 8.12. The Morgan fingerprint density at radius 3 is 2.52 bits per heavy atom. The predicted octanol–water partition coefficient (Wildman–Crippen LogP) is 4.44. The molecule has 1 aromatic carbocycles. The zero-order valence-corrected chi connectivity index (χ0v) is 14.1. The molecular formula is C17H24N2OS. The fourth-order valence-electron chi connectivity index (χ4n) is 2.18. The molecule has 0 amide bonds. The topological polar surface area (TPSA) is 34.1 Å². The summed E-state index contributed by atoms with van der Waals surface area (Å²) in [7, 11) is 1.69. The van der Waals surface area contributed by atoms with Crippen molar-refractivity contribution in [3.05, 3.63) is 34.8 Å². The molecule has 21 heavy (non-hydrogen) atoms. The highest BCUT2D eigenvalue weighted by Gasteiger charge is 2.15. The van der Waals surface area contributed by atoms with Crippen molar-refractivity contribution in [3.63, 3.8) is 0 Å². The van der Waals surface area contributed by atoms with E-state index in [4.69, 9.17) is 9.72 Å². The van der Waals surface area contributed by atoms with Gasteiger partial charge in [-0.2, -0.15) is 0 Å². The largest absolute Gasteiger partial charge is 0.497 e. The van der Waals surface area contributed by atoms with Crippen molar-refractivity contribution in [2.24, 2.45) is 0 Å². The van der Waals surface area contributed by atoms with Gasteiger partial charge in [0.05, 0.1) is 12.8 Å². The van der Waals surface area contributed by atoms with Crippen LogP contribution in [0.4, 0.5) is 0 Å². The molecule has 0 radical (unpaired) electrons. The van der Waals surface area contributed by atoms with E-state index in [2.05, 4.69) is 38.2 Å². The Labute approximate surface area is 131 Å². The van der Waals surface area contributed by atoms with Crippen molar-refractivity contribution >= 4 is 11.3 Å². The fraction of sp³-hybridized carbons (Fsp3) is 0.471. The van der Waals surface area contributed by atoms with Crippen LogP contribution >= 0.6 is 11.3 Å². The molecule has 0 spiro atoms. The smallest absolute Gasteiger partial charge is 0.123 e. The Morgan fingerprint density at radius 2 is 1.95 bits per heavy atom. The van der Waals surface area contributed by atoms with Crippen LogP contribution in [0.5, 0.6) is 5.75 Å². The van der Waals surface area contributed by atoms with Gasteiger partial charge in [0.15, 0.2) is 0 Å². The van der Waals surface area contributed by atoms with Crippen LogP contribution in [-0.4, -0.2) is 18.6 Å². The molecule has 0 unspecified atom stereocenters. The number of methoxy groups -OCH3 is 1. The second kappa shape index (κ2) is 7.57. The molecule has 1 N–H and O–H groups in total. The standard InChI is InChI=1S/C17H24N2OS/c1-5-10-18-11-15-16(12(2)3)19-17(21-15)13-6-8-14(20-4)9-7-13/h6-9,12,18H,5,10-11H2,1-4H3. The van der Waals surface area contributed by atoms with Crippen LogP contribution in [-0.2, 0) is 6.54 Å². The molecule has 0 saturated carbocycles. The van der Waals surface area contributed by atoms with Crippen molar-refractivity contribution < 1.29 is 4.74 Å². The summed E-state index contributed by atoms with van der Waals surface area (Å²) in [6.07, 6.45) is 1.15. The molecule has 0 saturated heterocycles. The number of benzene rings is 1. The first-order valence-corrected chi connectivity index (χ1v) is 8.32. The van der Waals surface area contributed by atoms with Gasteiger partial charge < -0.3 is 10.1 Å². The first-order chi connectivity index (χ1) is 10.2. The van der Waals surface area contributed by atoms with Gasteiger partial charge in [0.25, 0.3) is 0 Å². The maximum Gasteiger partial charge on any atom is 0.123 e. The van der Waals surface area contributed by atoms with E-state index in [0.29, 0.717) is 5.92 Å². The highest BCUT2D eigenvalue weighted by molar-refractivity contribution is 7.15. The lowest BCUT2D eigenvalue weighted by Gasteiger charge is -2.05. The first kappa shape index (κ1) is 16.0. The first-order valence-electron chi connectivity index (χ1n) is 7.50. The Kier molecular flexibility index (Phi) is 5.76. The van der Waals surface area contributed by atoms with Crippen LogP contribution in [0, 0.1) is 0 Å².